The van der Waals surface area contributed by atoms with E-state index >= 15 is 0 Å². The van der Waals surface area contributed by atoms with E-state index in [4.69, 9.17) is 0 Å². The Morgan fingerprint density at radius 2 is 2.21 bits per heavy atom. The van der Waals surface area contributed by atoms with Crippen LogP contribution < -0.4 is 5.32 Å². The molecule has 2 N–H and O–H groups in total. The van der Waals surface area contributed by atoms with Gasteiger partial charge in [-0.2, -0.15) is 0 Å². The molecule has 0 fully saturated rings. The lowest BCUT2D eigenvalue weighted by Gasteiger charge is -2.06. The van der Waals surface area contributed by atoms with Gasteiger partial charge in [0, 0.05) is 24.5 Å². The average Bonchev–Trinajstić information content (AvgIpc) is 2.86. The number of aromatic amines is 1. The number of benzene rings is 1. The zero-order chi connectivity index (χ0) is 9.38. The summed E-state index contributed by atoms with van der Waals surface area (Å²) in [5, 5.41) is 3.44. The first-order valence-corrected chi connectivity index (χ1v) is 4.77. The van der Waals surface area contributed by atoms with Crippen molar-refractivity contribution in [3.63, 3.8) is 0 Å². The smallest absolute Gasteiger partial charge is 0.128 e. The summed E-state index contributed by atoms with van der Waals surface area (Å²) in [5.74, 6) is 1.02. The number of hydrogen-bond donors (Lipinski definition) is 2. The summed E-state index contributed by atoms with van der Waals surface area (Å²) in [4.78, 5) is 7.40. The van der Waals surface area contributed by atoms with E-state index in [0.717, 1.165) is 12.2 Å². The van der Waals surface area contributed by atoms with Gasteiger partial charge < -0.3 is 10.3 Å². The Morgan fingerprint density at radius 1 is 1.29 bits per heavy atom. The molecule has 1 aromatic heterocycles. The van der Waals surface area contributed by atoms with Crippen molar-refractivity contribution < 1.29 is 0 Å². The van der Waals surface area contributed by atoms with Crippen LogP contribution in [0.15, 0.2) is 36.7 Å². The molecule has 2 aromatic rings. The number of nitrogens with zero attached hydrogens (tertiary/aromatic N) is 1. The molecule has 0 aliphatic carbocycles. The molecule has 1 aromatic carbocycles. The SMILES string of the molecule is c1ccc2c(c1)C[C@@H](c1ncc[nH]1)N2. The van der Waals surface area contributed by atoms with Gasteiger partial charge in [0.2, 0.25) is 0 Å². The predicted octanol–water partition coefficient (Wildman–Crippen LogP) is 2.12. The first kappa shape index (κ1) is 7.62. The fourth-order valence-corrected chi connectivity index (χ4v) is 1.93. The number of fused-ring (bicyclic) bond motifs is 1. The molecule has 0 spiro atoms. The minimum absolute atomic E-state index is 0.308. The van der Waals surface area contributed by atoms with Crippen LogP contribution in [0.4, 0.5) is 5.69 Å². The van der Waals surface area contributed by atoms with Crippen LogP contribution in [0.3, 0.4) is 0 Å². The summed E-state index contributed by atoms with van der Waals surface area (Å²) in [6.45, 7) is 0. The van der Waals surface area contributed by atoms with E-state index < -0.39 is 0 Å². The molecule has 1 aliphatic heterocycles. The van der Waals surface area contributed by atoms with E-state index in [1.54, 1.807) is 6.20 Å². The van der Waals surface area contributed by atoms with Crippen molar-refractivity contribution in [2.45, 2.75) is 12.5 Å². The molecule has 0 saturated heterocycles. The fourth-order valence-electron chi connectivity index (χ4n) is 1.93. The first-order chi connectivity index (χ1) is 6.93. The molecule has 0 amide bonds. The minimum Gasteiger partial charge on any atom is -0.375 e. The Kier molecular flexibility index (Phi) is 1.56. The van der Waals surface area contributed by atoms with Crippen molar-refractivity contribution in [1.82, 2.24) is 9.97 Å². The maximum atomic E-state index is 4.26. The monoisotopic (exact) mass is 185 g/mol. The molecular formula is C11H11N3. The Labute approximate surface area is 82.2 Å². The zero-order valence-electron chi connectivity index (χ0n) is 7.70. The minimum atomic E-state index is 0.308. The number of para-hydroxylation sites is 1. The molecule has 1 atom stereocenters. The second-order valence-electron chi connectivity index (χ2n) is 3.53. The van der Waals surface area contributed by atoms with Crippen LogP contribution in [0.2, 0.25) is 0 Å². The molecular weight excluding hydrogens is 174 g/mol. The molecule has 3 heteroatoms. The fraction of sp³-hybridized carbons (Fsp3) is 0.182. The number of H-pyrrole nitrogens is 1. The van der Waals surface area contributed by atoms with Crippen molar-refractivity contribution in [2.75, 3.05) is 5.32 Å². The number of hydrogen-bond acceptors (Lipinski definition) is 2. The van der Waals surface area contributed by atoms with Crippen molar-refractivity contribution in [3.05, 3.63) is 48.0 Å². The van der Waals surface area contributed by atoms with Crippen LogP contribution in [0.5, 0.6) is 0 Å². The lowest BCUT2D eigenvalue weighted by atomic mass is 10.1. The second-order valence-corrected chi connectivity index (χ2v) is 3.53. The highest BCUT2D eigenvalue weighted by Crippen LogP contribution is 2.32. The quantitative estimate of drug-likeness (QED) is 0.714. The summed E-state index contributed by atoms with van der Waals surface area (Å²) in [5.41, 5.74) is 2.60. The van der Waals surface area contributed by atoms with E-state index in [0.29, 0.717) is 6.04 Å². The highest BCUT2D eigenvalue weighted by molar-refractivity contribution is 5.57. The Bertz CT molecular complexity index is 409. The van der Waals surface area contributed by atoms with Crippen LogP contribution in [0.25, 0.3) is 0 Å². The van der Waals surface area contributed by atoms with Gasteiger partial charge in [-0.05, 0) is 11.6 Å². The standard InChI is InChI=1S/C11H11N3/c1-2-4-9-8(3-1)7-10(14-9)11-12-5-6-13-11/h1-6,10,14H,7H2,(H,12,13)/t10-/m0/s1. The molecule has 14 heavy (non-hydrogen) atoms. The van der Waals surface area contributed by atoms with Crippen molar-refractivity contribution in [2.24, 2.45) is 0 Å². The first-order valence-electron chi connectivity index (χ1n) is 4.77. The summed E-state index contributed by atoms with van der Waals surface area (Å²) in [6.07, 6.45) is 4.67. The van der Waals surface area contributed by atoms with E-state index in [9.17, 15) is 0 Å². The third kappa shape index (κ3) is 1.09. The number of nitrogens with one attached hydrogen (secondary N) is 2. The van der Waals surface area contributed by atoms with Gasteiger partial charge in [-0.25, -0.2) is 4.98 Å². The third-order valence-corrected chi connectivity index (χ3v) is 2.62. The normalized spacial score (nSPS) is 19.0. The van der Waals surface area contributed by atoms with Crippen LogP contribution in [0, 0.1) is 0 Å². The molecule has 3 rings (SSSR count). The van der Waals surface area contributed by atoms with Gasteiger partial charge in [0.05, 0.1) is 6.04 Å². The molecule has 2 heterocycles. The summed E-state index contributed by atoms with van der Waals surface area (Å²) in [6, 6.07) is 8.70. The molecule has 0 radical (unpaired) electrons. The maximum absolute atomic E-state index is 4.26. The zero-order valence-corrected chi connectivity index (χ0v) is 7.70. The van der Waals surface area contributed by atoms with Gasteiger partial charge in [-0.3, -0.25) is 0 Å². The number of imidazole rings is 1. The van der Waals surface area contributed by atoms with Gasteiger partial charge >= 0.3 is 0 Å². The molecule has 1 aliphatic rings. The maximum Gasteiger partial charge on any atom is 0.128 e. The van der Waals surface area contributed by atoms with E-state index in [1.807, 2.05) is 6.20 Å². The lowest BCUT2D eigenvalue weighted by Crippen LogP contribution is -2.07. The van der Waals surface area contributed by atoms with Crippen LogP contribution in [-0.4, -0.2) is 9.97 Å². The van der Waals surface area contributed by atoms with Gasteiger partial charge in [0.25, 0.3) is 0 Å². The Hall–Kier alpha value is -1.77. The average molecular weight is 185 g/mol. The molecule has 3 nitrogen and oxygen atoms in total. The van der Waals surface area contributed by atoms with Gasteiger partial charge in [-0.1, -0.05) is 18.2 Å². The number of aromatic nitrogens is 2. The molecule has 0 saturated carbocycles. The summed E-state index contributed by atoms with van der Waals surface area (Å²) >= 11 is 0. The van der Waals surface area contributed by atoms with Crippen molar-refractivity contribution in [3.8, 4) is 0 Å². The van der Waals surface area contributed by atoms with E-state index in [1.165, 1.54) is 11.3 Å². The van der Waals surface area contributed by atoms with Gasteiger partial charge in [0.15, 0.2) is 0 Å². The lowest BCUT2D eigenvalue weighted by molar-refractivity contribution is 0.764. The van der Waals surface area contributed by atoms with Crippen LogP contribution in [0.1, 0.15) is 17.4 Å². The highest BCUT2D eigenvalue weighted by atomic mass is 15.0. The Balaban J connectivity index is 1.92. The topological polar surface area (TPSA) is 40.7 Å². The summed E-state index contributed by atoms with van der Waals surface area (Å²) in [7, 11) is 0. The molecule has 0 bridgehead atoms. The van der Waals surface area contributed by atoms with Gasteiger partial charge in [0.1, 0.15) is 5.82 Å². The largest absolute Gasteiger partial charge is 0.375 e. The highest BCUT2D eigenvalue weighted by Gasteiger charge is 2.22. The third-order valence-electron chi connectivity index (χ3n) is 2.62. The number of rotatable bonds is 1. The summed E-state index contributed by atoms with van der Waals surface area (Å²) < 4.78 is 0. The van der Waals surface area contributed by atoms with E-state index in [2.05, 4.69) is 39.6 Å². The van der Waals surface area contributed by atoms with Crippen LogP contribution in [-0.2, 0) is 6.42 Å². The van der Waals surface area contributed by atoms with Gasteiger partial charge in [-0.15, -0.1) is 0 Å². The van der Waals surface area contributed by atoms with E-state index in [-0.39, 0.29) is 0 Å². The number of anilines is 1. The second kappa shape index (κ2) is 2.87. The van der Waals surface area contributed by atoms with Crippen molar-refractivity contribution in [1.29, 1.82) is 0 Å². The molecule has 0 unspecified atom stereocenters. The van der Waals surface area contributed by atoms with Crippen molar-refractivity contribution >= 4 is 5.69 Å². The predicted molar refractivity (Wildman–Crippen MR) is 55.1 cm³/mol. The van der Waals surface area contributed by atoms with Crippen LogP contribution >= 0.6 is 0 Å². The molecule has 70 valence electrons. The Morgan fingerprint density at radius 3 is 3.00 bits per heavy atom.